The molecule has 0 aromatic carbocycles. The Morgan fingerprint density at radius 2 is 2.05 bits per heavy atom. The van der Waals surface area contributed by atoms with Crippen LogP contribution in [-0.2, 0) is 0 Å². The molecule has 2 aromatic rings. The van der Waals surface area contributed by atoms with Crippen LogP contribution in [0.25, 0.3) is 5.95 Å². The zero-order valence-electron chi connectivity index (χ0n) is 11.6. The van der Waals surface area contributed by atoms with Gasteiger partial charge in [0.15, 0.2) is 0 Å². The number of hydrogen-bond acceptors (Lipinski definition) is 8. The van der Waals surface area contributed by atoms with E-state index in [9.17, 15) is 0 Å². The normalized spacial score (nSPS) is 10.8. The maximum Gasteiger partial charge on any atom is 0.243 e. The van der Waals surface area contributed by atoms with Gasteiger partial charge < -0.3 is 10.2 Å². The van der Waals surface area contributed by atoms with Gasteiger partial charge in [0.2, 0.25) is 17.8 Å². The summed E-state index contributed by atoms with van der Waals surface area (Å²) in [6.45, 7) is 1.77. The molecule has 0 unspecified atom stereocenters. The molecule has 9 nitrogen and oxygen atoms in total. The molecule has 0 spiro atoms. The van der Waals surface area contributed by atoms with Gasteiger partial charge in [-0.05, 0) is 27.1 Å². The number of nitrogens with two attached hydrogens (primary N) is 1. The van der Waals surface area contributed by atoms with Crippen LogP contribution in [0.2, 0.25) is 0 Å². The number of hydrogen-bond donors (Lipinski definition) is 3. The average Bonchev–Trinajstić information content (AvgIpc) is 2.97. The van der Waals surface area contributed by atoms with Gasteiger partial charge in [-0.1, -0.05) is 0 Å². The maximum absolute atomic E-state index is 5.37. The van der Waals surface area contributed by atoms with Gasteiger partial charge in [-0.3, -0.25) is 9.99 Å². The molecule has 2 rings (SSSR count). The summed E-state index contributed by atoms with van der Waals surface area (Å²) in [4.78, 5) is 18.7. The van der Waals surface area contributed by atoms with Crippen LogP contribution in [0.15, 0.2) is 18.7 Å². The van der Waals surface area contributed by atoms with Gasteiger partial charge in [0, 0.05) is 18.9 Å². The van der Waals surface area contributed by atoms with E-state index in [0.29, 0.717) is 17.8 Å². The zero-order valence-corrected chi connectivity index (χ0v) is 11.6. The van der Waals surface area contributed by atoms with Gasteiger partial charge in [0.1, 0.15) is 6.33 Å². The highest BCUT2D eigenvalue weighted by Gasteiger charge is 2.06. The molecule has 0 radical (unpaired) electrons. The molecule has 20 heavy (non-hydrogen) atoms. The van der Waals surface area contributed by atoms with Crippen LogP contribution in [0.4, 0.5) is 11.9 Å². The molecule has 0 aliphatic carbocycles. The minimum absolute atomic E-state index is 0.304. The summed E-state index contributed by atoms with van der Waals surface area (Å²) in [6.07, 6.45) is 6.02. The molecule has 0 bridgehead atoms. The molecule has 108 valence electrons. The smallest absolute Gasteiger partial charge is 0.243 e. The van der Waals surface area contributed by atoms with E-state index < -0.39 is 0 Å². The number of rotatable bonds is 7. The Balaban J connectivity index is 2.06. The van der Waals surface area contributed by atoms with Crippen LogP contribution in [0.1, 0.15) is 6.42 Å². The molecule has 9 heteroatoms. The summed E-state index contributed by atoms with van der Waals surface area (Å²) in [6, 6.07) is 0. The first kappa shape index (κ1) is 14.2. The van der Waals surface area contributed by atoms with Crippen molar-refractivity contribution in [1.82, 2.24) is 29.4 Å². The SMILES string of the molecule is CN(C)CCCNc1nc(NN)nc(-n2ccnc2)n1. The number of hydrazine groups is 1. The summed E-state index contributed by atoms with van der Waals surface area (Å²) in [5.41, 5.74) is 2.43. The number of nitrogens with one attached hydrogen (secondary N) is 2. The van der Waals surface area contributed by atoms with E-state index in [1.165, 1.54) is 0 Å². The Labute approximate surface area is 117 Å². The number of aromatic nitrogens is 5. The van der Waals surface area contributed by atoms with E-state index in [-0.39, 0.29) is 0 Å². The third-order valence-electron chi connectivity index (χ3n) is 2.55. The second-order valence-electron chi connectivity index (χ2n) is 4.48. The third kappa shape index (κ3) is 3.87. The van der Waals surface area contributed by atoms with Crippen molar-refractivity contribution >= 4 is 11.9 Å². The third-order valence-corrected chi connectivity index (χ3v) is 2.55. The van der Waals surface area contributed by atoms with Crippen molar-refractivity contribution < 1.29 is 0 Å². The van der Waals surface area contributed by atoms with E-state index in [4.69, 9.17) is 5.84 Å². The van der Waals surface area contributed by atoms with E-state index >= 15 is 0 Å². The van der Waals surface area contributed by atoms with Crippen molar-refractivity contribution in [1.29, 1.82) is 0 Å². The van der Waals surface area contributed by atoms with Crippen LogP contribution < -0.4 is 16.6 Å². The lowest BCUT2D eigenvalue weighted by atomic mass is 10.4. The predicted molar refractivity (Wildman–Crippen MR) is 76.4 cm³/mol. The Morgan fingerprint density at radius 1 is 1.25 bits per heavy atom. The van der Waals surface area contributed by atoms with Crippen LogP contribution in [0, 0.1) is 0 Å². The van der Waals surface area contributed by atoms with E-state index in [1.807, 2.05) is 14.1 Å². The molecule has 2 aromatic heterocycles. The van der Waals surface area contributed by atoms with Gasteiger partial charge in [-0.25, -0.2) is 10.8 Å². The molecule has 4 N–H and O–H groups in total. The van der Waals surface area contributed by atoms with Gasteiger partial charge in [-0.2, -0.15) is 15.0 Å². The summed E-state index contributed by atoms with van der Waals surface area (Å²) in [7, 11) is 4.08. The van der Waals surface area contributed by atoms with Crippen molar-refractivity contribution in [2.75, 3.05) is 37.9 Å². The van der Waals surface area contributed by atoms with Crippen LogP contribution in [-0.4, -0.2) is 56.6 Å². The van der Waals surface area contributed by atoms with Gasteiger partial charge >= 0.3 is 0 Å². The first-order chi connectivity index (χ1) is 9.69. The van der Waals surface area contributed by atoms with Gasteiger partial charge in [0.25, 0.3) is 0 Å². The van der Waals surface area contributed by atoms with Crippen molar-refractivity contribution in [2.45, 2.75) is 6.42 Å². The topological polar surface area (TPSA) is 110 Å². The molecule has 0 amide bonds. The highest BCUT2D eigenvalue weighted by Crippen LogP contribution is 2.08. The predicted octanol–water partition coefficient (Wildman–Crippen LogP) is -0.293. The monoisotopic (exact) mass is 277 g/mol. The van der Waals surface area contributed by atoms with E-state index in [0.717, 1.165) is 19.5 Å². The fourth-order valence-electron chi connectivity index (χ4n) is 1.60. The lowest BCUT2D eigenvalue weighted by Crippen LogP contribution is -2.18. The largest absolute Gasteiger partial charge is 0.354 e. The summed E-state index contributed by atoms with van der Waals surface area (Å²) >= 11 is 0. The maximum atomic E-state index is 5.37. The summed E-state index contributed by atoms with van der Waals surface area (Å²) < 4.78 is 1.69. The van der Waals surface area contributed by atoms with Gasteiger partial charge in [-0.15, -0.1) is 0 Å². The molecule has 0 aliphatic heterocycles. The zero-order chi connectivity index (χ0) is 14.4. The van der Waals surface area contributed by atoms with Crippen molar-refractivity contribution in [3.63, 3.8) is 0 Å². The number of imidazole rings is 1. The lowest BCUT2D eigenvalue weighted by Gasteiger charge is -2.11. The Morgan fingerprint density at radius 3 is 2.70 bits per heavy atom. The summed E-state index contributed by atoms with van der Waals surface area (Å²) in [5.74, 6) is 6.62. The first-order valence-electron chi connectivity index (χ1n) is 6.28. The molecule has 0 saturated heterocycles. The standard InChI is InChI=1S/C11H19N9/c1-19(2)6-3-4-14-9-15-10(18-12)17-11(16-9)20-7-5-13-8-20/h5,7-8H,3-4,6,12H2,1-2H3,(H2,14,15,16,17,18). The molecular formula is C11H19N9. The summed E-state index contributed by atoms with van der Waals surface area (Å²) in [5, 5.41) is 3.16. The lowest BCUT2D eigenvalue weighted by molar-refractivity contribution is 0.405. The number of anilines is 2. The fourth-order valence-corrected chi connectivity index (χ4v) is 1.60. The Kier molecular flexibility index (Phi) is 4.80. The first-order valence-corrected chi connectivity index (χ1v) is 6.28. The van der Waals surface area contributed by atoms with Gasteiger partial charge in [0.05, 0.1) is 0 Å². The molecule has 0 fully saturated rings. The number of nitrogen functional groups attached to an aromatic ring is 1. The van der Waals surface area contributed by atoms with Crippen molar-refractivity contribution in [3.8, 4) is 5.95 Å². The highest BCUT2D eigenvalue weighted by molar-refractivity contribution is 5.37. The fraction of sp³-hybridized carbons (Fsp3) is 0.455. The van der Waals surface area contributed by atoms with Crippen LogP contribution >= 0.6 is 0 Å². The highest BCUT2D eigenvalue weighted by atomic mass is 15.4. The van der Waals surface area contributed by atoms with Crippen LogP contribution in [0.3, 0.4) is 0 Å². The van der Waals surface area contributed by atoms with Crippen LogP contribution in [0.5, 0.6) is 0 Å². The van der Waals surface area contributed by atoms with Crippen molar-refractivity contribution in [3.05, 3.63) is 18.7 Å². The minimum Gasteiger partial charge on any atom is -0.354 e. The van der Waals surface area contributed by atoms with Crippen molar-refractivity contribution in [2.24, 2.45) is 5.84 Å². The molecule has 0 aliphatic rings. The van der Waals surface area contributed by atoms with E-state index in [1.54, 1.807) is 23.3 Å². The molecule has 0 atom stereocenters. The second kappa shape index (κ2) is 6.78. The molecular weight excluding hydrogens is 258 g/mol. The quantitative estimate of drug-likeness (QED) is 0.360. The number of nitrogens with zero attached hydrogens (tertiary/aromatic N) is 6. The average molecular weight is 277 g/mol. The molecule has 2 heterocycles. The Hall–Kier alpha value is -2.26. The molecule has 0 saturated carbocycles. The second-order valence-corrected chi connectivity index (χ2v) is 4.48. The minimum atomic E-state index is 0.304. The Bertz CT molecular complexity index is 523. The van der Waals surface area contributed by atoms with E-state index in [2.05, 4.69) is 35.6 Å².